The molecule has 2 aromatic rings. The van der Waals surface area contributed by atoms with Crippen LogP contribution < -0.4 is 10.5 Å². The number of hydrogen-bond donors (Lipinski definition) is 1. The maximum Gasteiger partial charge on any atom is 0.134 e. The smallest absolute Gasteiger partial charge is 0.134 e. The molecule has 0 fully saturated rings. The van der Waals surface area contributed by atoms with Crippen LogP contribution in [0.1, 0.15) is 0 Å². The molecule has 0 saturated heterocycles. The number of benzene rings is 2. The minimum atomic E-state index is -0.353. The molecular formula is C13H11BrFNO. The molecule has 4 heteroatoms. The molecule has 0 atom stereocenters. The molecule has 2 N–H and O–H groups in total. The van der Waals surface area contributed by atoms with Crippen LogP contribution in [0, 0.1) is 5.82 Å². The number of methoxy groups -OCH3 is 1. The van der Waals surface area contributed by atoms with Gasteiger partial charge in [0.15, 0.2) is 0 Å². The van der Waals surface area contributed by atoms with Crippen LogP contribution in [-0.4, -0.2) is 7.11 Å². The quantitative estimate of drug-likeness (QED) is 0.854. The zero-order valence-corrected chi connectivity index (χ0v) is 10.8. The second-order valence-corrected chi connectivity index (χ2v) is 4.46. The Hall–Kier alpha value is -1.55. The van der Waals surface area contributed by atoms with Crippen molar-refractivity contribution in [3.63, 3.8) is 0 Å². The third-order valence-corrected chi connectivity index (χ3v) is 2.97. The SMILES string of the molecule is COc1cccc(F)c1-c1cc(Br)ccc1N. The topological polar surface area (TPSA) is 35.2 Å². The Kier molecular flexibility index (Phi) is 3.33. The monoisotopic (exact) mass is 295 g/mol. The lowest BCUT2D eigenvalue weighted by molar-refractivity contribution is 0.413. The van der Waals surface area contributed by atoms with Crippen LogP contribution in [0.2, 0.25) is 0 Å². The van der Waals surface area contributed by atoms with Crippen molar-refractivity contribution in [1.82, 2.24) is 0 Å². The fraction of sp³-hybridized carbons (Fsp3) is 0.0769. The molecular weight excluding hydrogens is 285 g/mol. The van der Waals surface area contributed by atoms with Gasteiger partial charge in [-0.2, -0.15) is 0 Å². The van der Waals surface area contributed by atoms with Gasteiger partial charge in [0, 0.05) is 15.7 Å². The lowest BCUT2D eigenvalue weighted by Crippen LogP contribution is -1.95. The third kappa shape index (κ3) is 2.26. The van der Waals surface area contributed by atoms with Gasteiger partial charge in [-0.1, -0.05) is 22.0 Å². The Labute approximate surface area is 107 Å². The summed E-state index contributed by atoms with van der Waals surface area (Å²) in [5.41, 5.74) is 7.38. The minimum absolute atomic E-state index is 0.353. The first-order chi connectivity index (χ1) is 8.13. The molecule has 0 radical (unpaired) electrons. The summed E-state index contributed by atoms with van der Waals surface area (Å²) in [5.74, 6) is 0.115. The molecule has 88 valence electrons. The normalized spacial score (nSPS) is 10.3. The van der Waals surface area contributed by atoms with Crippen molar-refractivity contribution >= 4 is 21.6 Å². The van der Waals surface area contributed by atoms with Gasteiger partial charge in [0.2, 0.25) is 0 Å². The van der Waals surface area contributed by atoms with Crippen LogP contribution in [-0.2, 0) is 0 Å². The van der Waals surface area contributed by atoms with E-state index in [1.54, 1.807) is 24.3 Å². The molecule has 0 unspecified atom stereocenters. The number of nitrogens with two attached hydrogens (primary N) is 1. The lowest BCUT2D eigenvalue weighted by Gasteiger charge is -2.12. The summed E-state index contributed by atoms with van der Waals surface area (Å²) in [7, 11) is 1.51. The molecule has 17 heavy (non-hydrogen) atoms. The van der Waals surface area contributed by atoms with Gasteiger partial charge >= 0.3 is 0 Å². The van der Waals surface area contributed by atoms with Gasteiger partial charge in [-0.25, -0.2) is 4.39 Å². The molecule has 0 heterocycles. The van der Waals surface area contributed by atoms with Crippen molar-refractivity contribution in [2.24, 2.45) is 0 Å². The van der Waals surface area contributed by atoms with E-state index in [0.717, 1.165) is 4.47 Å². The molecule has 2 aromatic carbocycles. The Balaban J connectivity index is 2.71. The van der Waals surface area contributed by atoms with Gasteiger partial charge in [0.25, 0.3) is 0 Å². The summed E-state index contributed by atoms with van der Waals surface area (Å²) >= 11 is 3.35. The van der Waals surface area contributed by atoms with Crippen LogP contribution in [0.3, 0.4) is 0 Å². The Bertz CT molecular complexity index is 557. The first kappa shape index (κ1) is 11.9. The average Bonchev–Trinajstić information content (AvgIpc) is 2.32. The first-order valence-corrected chi connectivity index (χ1v) is 5.80. The predicted octanol–water partition coefficient (Wildman–Crippen LogP) is 3.85. The van der Waals surface area contributed by atoms with Gasteiger partial charge in [-0.05, 0) is 30.3 Å². The number of nitrogen functional groups attached to an aromatic ring is 1. The number of rotatable bonds is 2. The lowest BCUT2D eigenvalue weighted by atomic mass is 10.0. The zero-order chi connectivity index (χ0) is 12.4. The molecule has 0 aliphatic heterocycles. The van der Waals surface area contributed by atoms with E-state index in [-0.39, 0.29) is 5.82 Å². The molecule has 2 rings (SSSR count). The standard InChI is InChI=1S/C13H11BrFNO/c1-17-12-4-2-3-10(15)13(12)9-7-8(14)5-6-11(9)16/h2-7H,16H2,1H3. The van der Waals surface area contributed by atoms with Gasteiger partial charge < -0.3 is 10.5 Å². The maximum absolute atomic E-state index is 13.9. The zero-order valence-electron chi connectivity index (χ0n) is 9.21. The van der Waals surface area contributed by atoms with Crippen molar-refractivity contribution in [3.8, 4) is 16.9 Å². The molecule has 0 aromatic heterocycles. The van der Waals surface area contributed by atoms with E-state index in [0.29, 0.717) is 22.6 Å². The molecule has 0 spiro atoms. The highest BCUT2D eigenvalue weighted by atomic mass is 79.9. The van der Waals surface area contributed by atoms with Crippen LogP contribution in [0.15, 0.2) is 40.9 Å². The van der Waals surface area contributed by atoms with Crippen molar-refractivity contribution in [2.75, 3.05) is 12.8 Å². The summed E-state index contributed by atoms with van der Waals surface area (Å²) in [6.45, 7) is 0. The van der Waals surface area contributed by atoms with E-state index >= 15 is 0 Å². The highest BCUT2D eigenvalue weighted by molar-refractivity contribution is 9.10. The van der Waals surface area contributed by atoms with Gasteiger partial charge in [0.1, 0.15) is 11.6 Å². The third-order valence-electron chi connectivity index (χ3n) is 2.48. The first-order valence-electron chi connectivity index (χ1n) is 5.01. The molecule has 0 bridgehead atoms. The average molecular weight is 296 g/mol. The number of anilines is 1. The second kappa shape index (κ2) is 4.75. The Morgan fingerprint density at radius 2 is 2.00 bits per heavy atom. The van der Waals surface area contributed by atoms with Crippen LogP contribution >= 0.6 is 15.9 Å². The van der Waals surface area contributed by atoms with E-state index in [4.69, 9.17) is 10.5 Å². The maximum atomic E-state index is 13.9. The minimum Gasteiger partial charge on any atom is -0.496 e. The summed E-state index contributed by atoms with van der Waals surface area (Å²) < 4.78 is 19.9. The van der Waals surface area contributed by atoms with Gasteiger partial charge in [-0.15, -0.1) is 0 Å². The Morgan fingerprint density at radius 3 is 2.71 bits per heavy atom. The molecule has 0 amide bonds. The summed E-state index contributed by atoms with van der Waals surface area (Å²) in [4.78, 5) is 0. The van der Waals surface area contributed by atoms with Crippen molar-refractivity contribution in [1.29, 1.82) is 0 Å². The molecule has 0 aliphatic rings. The predicted molar refractivity (Wildman–Crippen MR) is 70.5 cm³/mol. The van der Waals surface area contributed by atoms with Gasteiger partial charge in [-0.3, -0.25) is 0 Å². The molecule has 0 aliphatic carbocycles. The van der Waals surface area contributed by atoms with E-state index in [1.807, 2.05) is 6.07 Å². The van der Waals surface area contributed by atoms with Crippen molar-refractivity contribution in [3.05, 3.63) is 46.7 Å². The van der Waals surface area contributed by atoms with Crippen LogP contribution in [0.5, 0.6) is 5.75 Å². The second-order valence-electron chi connectivity index (χ2n) is 3.55. The van der Waals surface area contributed by atoms with E-state index in [2.05, 4.69) is 15.9 Å². The number of ether oxygens (including phenoxy) is 1. The van der Waals surface area contributed by atoms with Crippen LogP contribution in [0.25, 0.3) is 11.1 Å². The van der Waals surface area contributed by atoms with Crippen LogP contribution in [0.4, 0.5) is 10.1 Å². The van der Waals surface area contributed by atoms with E-state index < -0.39 is 0 Å². The van der Waals surface area contributed by atoms with Crippen molar-refractivity contribution in [2.45, 2.75) is 0 Å². The summed E-state index contributed by atoms with van der Waals surface area (Å²) in [6.07, 6.45) is 0. The molecule has 2 nitrogen and oxygen atoms in total. The number of hydrogen-bond acceptors (Lipinski definition) is 2. The fourth-order valence-electron chi connectivity index (χ4n) is 1.68. The highest BCUT2D eigenvalue weighted by Crippen LogP contribution is 2.37. The largest absolute Gasteiger partial charge is 0.496 e. The highest BCUT2D eigenvalue weighted by Gasteiger charge is 2.14. The van der Waals surface area contributed by atoms with E-state index in [9.17, 15) is 4.39 Å². The van der Waals surface area contributed by atoms with E-state index in [1.165, 1.54) is 13.2 Å². The van der Waals surface area contributed by atoms with Crippen molar-refractivity contribution < 1.29 is 9.13 Å². The molecule has 0 saturated carbocycles. The Morgan fingerprint density at radius 1 is 1.24 bits per heavy atom. The fourth-order valence-corrected chi connectivity index (χ4v) is 2.04. The van der Waals surface area contributed by atoms with Gasteiger partial charge in [0.05, 0.1) is 12.7 Å². The summed E-state index contributed by atoms with van der Waals surface area (Å²) in [5, 5.41) is 0. The summed E-state index contributed by atoms with van der Waals surface area (Å²) in [6, 6.07) is 10.0. The number of halogens is 2.